The Bertz CT molecular complexity index is 601. The fourth-order valence-corrected chi connectivity index (χ4v) is 4.45. The van der Waals surface area contributed by atoms with Gasteiger partial charge in [-0.3, -0.25) is 0 Å². The quantitative estimate of drug-likeness (QED) is 0.742. The molecule has 1 fully saturated rings. The highest BCUT2D eigenvalue weighted by Gasteiger charge is 2.31. The summed E-state index contributed by atoms with van der Waals surface area (Å²) in [6.07, 6.45) is 4.84. The lowest BCUT2D eigenvalue weighted by molar-refractivity contribution is 0.0571. The first-order valence-electron chi connectivity index (χ1n) is 7.96. The predicted molar refractivity (Wildman–Crippen MR) is 91.7 cm³/mol. The van der Waals surface area contributed by atoms with Crippen molar-refractivity contribution in [2.45, 2.75) is 62.8 Å². The molecule has 0 atom stereocenters. The largest absolute Gasteiger partial charge is 0.389 e. The van der Waals surface area contributed by atoms with Crippen LogP contribution in [0.2, 0.25) is 0 Å². The van der Waals surface area contributed by atoms with E-state index < -0.39 is 5.60 Å². The number of aliphatic hydroxyl groups is 1. The average molecular weight is 338 g/mol. The topological polar surface area (TPSA) is 50.9 Å². The molecule has 1 aliphatic carbocycles. The van der Waals surface area contributed by atoms with Crippen molar-refractivity contribution >= 4 is 23.1 Å². The number of hydrogen-bond acceptors (Lipinski definition) is 5. The van der Waals surface area contributed by atoms with Gasteiger partial charge in [0, 0.05) is 23.1 Å². The normalized spacial score (nSPS) is 15.4. The molecule has 2 aromatic rings. The Balaban J connectivity index is 1.75. The van der Waals surface area contributed by atoms with Crippen LogP contribution in [0.3, 0.4) is 0 Å². The molecule has 2 heterocycles. The average Bonchev–Trinajstić information content (AvgIpc) is 3.09. The number of thioether (sulfide) groups is 1. The number of nitrogens with zero attached hydrogens (tertiary/aromatic N) is 3. The summed E-state index contributed by atoms with van der Waals surface area (Å²) in [6, 6.07) is 4.79. The molecule has 0 aliphatic heterocycles. The van der Waals surface area contributed by atoms with Crippen LogP contribution >= 0.6 is 23.1 Å². The van der Waals surface area contributed by atoms with Gasteiger partial charge in [-0.1, -0.05) is 31.7 Å². The van der Waals surface area contributed by atoms with Crippen LogP contribution in [0.25, 0.3) is 0 Å². The van der Waals surface area contributed by atoms with Gasteiger partial charge in [0.25, 0.3) is 0 Å². The molecule has 4 nitrogen and oxygen atoms in total. The Morgan fingerprint density at radius 2 is 2.14 bits per heavy atom. The first-order chi connectivity index (χ1) is 10.6. The van der Waals surface area contributed by atoms with Crippen LogP contribution in [0, 0.1) is 0 Å². The molecule has 1 saturated carbocycles. The van der Waals surface area contributed by atoms with E-state index in [1.165, 1.54) is 17.7 Å². The SMILES string of the molecule is CCC(O)(CC)CSc1nnc(Cc2cccs2)n1C1CC1. The lowest BCUT2D eigenvalue weighted by atomic mass is 10.0. The van der Waals surface area contributed by atoms with E-state index in [1.807, 2.05) is 13.8 Å². The fourth-order valence-electron chi connectivity index (χ4n) is 2.45. The zero-order valence-corrected chi connectivity index (χ0v) is 14.8. The molecule has 1 aliphatic rings. The first-order valence-corrected chi connectivity index (χ1v) is 9.83. The summed E-state index contributed by atoms with van der Waals surface area (Å²) in [5.41, 5.74) is -0.598. The monoisotopic (exact) mass is 337 g/mol. The summed E-state index contributed by atoms with van der Waals surface area (Å²) in [5.74, 6) is 1.74. The summed E-state index contributed by atoms with van der Waals surface area (Å²) >= 11 is 3.41. The number of thiophene rings is 1. The third kappa shape index (κ3) is 3.55. The maximum absolute atomic E-state index is 10.5. The van der Waals surface area contributed by atoms with Gasteiger partial charge in [0.1, 0.15) is 5.82 Å². The molecule has 1 N–H and O–H groups in total. The summed E-state index contributed by atoms with van der Waals surface area (Å²) in [7, 11) is 0. The molecular formula is C16H23N3OS2. The molecule has 0 saturated heterocycles. The second-order valence-corrected chi connectivity index (χ2v) is 7.95. The van der Waals surface area contributed by atoms with E-state index in [-0.39, 0.29) is 0 Å². The Labute approximate surface area is 140 Å². The summed E-state index contributed by atoms with van der Waals surface area (Å²) in [6.45, 7) is 4.08. The second-order valence-electron chi connectivity index (χ2n) is 5.98. The third-order valence-corrected chi connectivity index (χ3v) is 6.44. The van der Waals surface area contributed by atoms with Crippen molar-refractivity contribution < 1.29 is 5.11 Å². The van der Waals surface area contributed by atoms with E-state index in [0.29, 0.717) is 11.8 Å². The van der Waals surface area contributed by atoms with Crippen molar-refractivity contribution in [1.82, 2.24) is 14.8 Å². The van der Waals surface area contributed by atoms with E-state index in [0.717, 1.165) is 30.2 Å². The zero-order chi connectivity index (χ0) is 15.6. The minimum atomic E-state index is -0.598. The Kier molecular flexibility index (Phi) is 4.90. The summed E-state index contributed by atoms with van der Waals surface area (Å²) in [4.78, 5) is 1.32. The van der Waals surface area contributed by atoms with Crippen molar-refractivity contribution in [2.75, 3.05) is 5.75 Å². The molecule has 22 heavy (non-hydrogen) atoms. The predicted octanol–water partition coefficient (Wildman–Crippen LogP) is 3.91. The van der Waals surface area contributed by atoms with Crippen LogP contribution in [0.1, 0.15) is 56.3 Å². The van der Waals surface area contributed by atoms with Crippen molar-refractivity contribution in [2.24, 2.45) is 0 Å². The van der Waals surface area contributed by atoms with E-state index >= 15 is 0 Å². The van der Waals surface area contributed by atoms with Crippen molar-refractivity contribution in [3.05, 3.63) is 28.2 Å². The van der Waals surface area contributed by atoms with Gasteiger partial charge in [-0.2, -0.15) is 0 Å². The summed E-state index contributed by atoms with van der Waals surface area (Å²) in [5, 5.41) is 22.4. The smallest absolute Gasteiger partial charge is 0.191 e. The zero-order valence-electron chi connectivity index (χ0n) is 13.2. The Hall–Kier alpha value is -0.850. The standard InChI is InChI=1S/C16H23N3OS2/c1-3-16(20,4-2)11-22-15-18-17-14(19(15)12-7-8-12)10-13-6-5-9-21-13/h5-6,9,12,20H,3-4,7-8,10-11H2,1-2H3. The molecule has 0 radical (unpaired) electrons. The second kappa shape index (κ2) is 6.72. The van der Waals surface area contributed by atoms with Crippen LogP contribution in [0.5, 0.6) is 0 Å². The fraction of sp³-hybridized carbons (Fsp3) is 0.625. The Morgan fingerprint density at radius 1 is 1.36 bits per heavy atom. The minimum Gasteiger partial charge on any atom is -0.389 e. The van der Waals surface area contributed by atoms with Crippen LogP contribution < -0.4 is 0 Å². The van der Waals surface area contributed by atoms with E-state index in [1.54, 1.807) is 23.1 Å². The van der Waals surface area contributed by atoms with Gasteiger partial charge >= 0.3 is 0 Å². The highest BCUT2D eigenvalue weighted by Crippen LogP contribution is 2.40. The van der Waals surface area contributed by atoms with Gasteiger partial charge in [-0.25, -0.2) is 0 Å². The number of aromatic nitrogens is 3. The van der Waals surface area contributed by atoms with Crippen molar-refractivity contribution in [1.29, 1.82) is 0 Å². The van der Waals surface area contributed by atoms with Crippen LogP contribution in [0.4, 0.5) is 0 Å². The van der Waals surface area contributed by atoms with E-state index in [4.69, 9.17) is 0 Å². The first kappa shape index (κ1) is 16.0. The van der Waals surface area contributed by atoms with E-state index in [2.05, 4.69) is 32.3 Å². The van der Waals surface area contributed by atoms with E-state index in [9.17, 15) is 5.11 Å². The molecular weight excluding hydrogens is 314 g/mol. The van der Waals surface area contributed by atoms with Crippen molar-refractivity contribution in [3.8, 4) is 0 Å². The lowest BCUT2D eigenvalue weighted by Crippen LogP contribution is -2.29. The minimum absolute atomic E-state index is 0.559. The van der Waals surface area contributed by atoms with Crippen LogP contribution in [-0.4, -0.2) is 31.2 Å². The van der Waals surface area contributed by atoms with Crippen LogP contribution in [-0.2, 0) is 6.42 Å². The number of rotatable bonds is 8. The molecule has 120 valence electrons. The molecule has 0 amide bonds. The lowest BCUT2D eigenvalue weighted by Gasteiger charge is -2.24. The molecule has 3 rings (SSSR count). The number of hydrogen-bond donors (Lipinski definition) is 1. The molecule has 2 aromatic heterocycles. The summed E-state index contributed by atoms with van der Waals surface area (Å²) < 4.78 is 2.30. The van der Waals surface area contributed by atoms with Gasteiger partial charge in [0.15, 0.2) is 5.16 Å². The molecule has 0 aromatic carbocycles. The highest BCUT2D eigenvalue weighted by atomic mass is 32.2. The third-order valence-electron chi connectivity index (χ3n) is 4.35. The van der Waals surface area contributed by atoms with Gasteiger partial charge in [-0.05, 0) is 37.1 Å². The molecule has 0 spiro atoms. The van der Waals surface area contributed by atoms with Gasteiger partial charge in [0.2, 0.25) is 0 Å². The molecule has 0 bridgehead atoms. The van der Waals surface area contributed by atoms with Gasteiger partial charge < -0.3 is 9.67 Å². The molecule has 6 heteroatoms. The van der Waals surface area contributed by atoms with Gasteiger partial charge in [-0.15, -0.1) is 21.5 Å². The maximum atomic E-state index is 10.5. The molecule has 0 unspecified atom stereocenters. The van der Waals surface area contributed by atoms with Gasteiger partial charge in [0.05, 0.1) is 5.60 Å². The Morgan fingerprint density at radius 3 is 2.73 bits per heavy atom. The van der Waals surface area contributed by atoms with Crippen LogP contribution in [0.15, 0.2) is 22.7 Å². The maximum Gasteiger partial charge on any atom is 0.191 e. The van der Waals surface area contributed by atoms with Crippen molar-refractivity contribution in [3.63, 3.8) is 0 Å². The highest BCUT2D eigenvalue weighted by molar-refractivity contribution is 7.99.